The number of carbonyl (C=O) groups excluding carboxylic acids is 2. The molecule has 0 unspecified atom stereocenters. The van der Waals surface area contributed by atoms with Crippen LogP contribution >= 0.6 is 0 Å². The van der Waals surface area contributed by atoms with Crippen molar-refractivity contribution in [1.29, 1.82) is 0 Å². The molecule has 3 aromatic carbocycles. The van der Waals surface area contributed by atoms with Crippen molar-refractivity contribution in [2.24, 2.45) is 0 Å². The van der Waals surface area contributed by atoms with Crippen LogP contribution in [0.3, 0.4) is 0 Å². The monoisotopic (exact) mass is 606 g/mol. The Morgan fingerprint density at radius 3 is 1.56 bits per heavy atom. The second-order valence-electron chi connectivity index (χ2n) is 11.5. The van der Waals surface area contributed by atoms with Crippen LogP contribution in [0.15, 0.2) is 60.7 Å². The van der Waals surface area contributed by atoms with Gasteiger partial charge in [-0.15, -0.1) is 0 Å². The topological polar surface area (TPSA) is 58.2 Å². The summed E-state index contributed by atoms with van der Waals surface area (Å²) in [4.78, 5) is 25.3. The predicted molar refractivity (Wildman–Crippen MR) is 156 cm³/mol. The number of halogens is 6. The molecule has 10 heteroatoms. The van der Waals surface area contributed by atoms with Gasteiger partial charge in [0, 0.05) is 22.4 Å². The molecule has 2 N–H and O–H groups in total. The molecule has 232 valence electrons. The number of amides is 2. The van der Waals surface area contributed by atoms with Crippen LogP contribution in [0.4, 0.5) is 32.0 Å². The van der Waals surface area contributed by atoms with Crippen LogP contribution in [0.2, 0.25) is 0 Å². The minimum Gasteiger partial charge on any atom is -0.347 e. The molecule has 0 heterocycles. The van der Waals surface area contributed by atoms with Crippen LogP contribution < -0.4 is 10.6 Å². The van der Waals surface area contributed by atoms with Crippen molar-refractivity contribution in [3.05, 3.63) is 88.5 Å². The van der Waals surface area contributed by atoms with Crippen LogP contribution in [-0.4, -0.2) is 17.4 Å². The van der Waals surface area contributed by atoms with Gasteiger partial charge in [-0.1, -0.05) is 45.9 Å². The van der Waals surface area contributed by atoms with Crippen LogP contribution in [0.1, 0.15) is 98.2 Å². The molecule has 0 saturated heterocycles. The second-order valence-corrected chi connectivity index (χ2v) is 11.5. The summed E-state index contributed by atoms with van der Waals surface area (Å²) in [6.07, 6.45) is -8.12. The highest BCUT2D eigenvalue weighted by Crippen LogP contribution is 2.45. The molecule has 0 aromatic heterocycles. The number of hydrogen-bond acceptors (Lipinski definition) is 2. The van der Waals surface area contributed by atoms with Gasteiger partial charge >= 0.3 is 12.4 Å². The zero-order chi connectivity index (χ0) is 32.4. The van der Waals surface area contributed by atoms with E-state index in [1.165, 1.54) is 30.3 Å². The smallest absolute Gasteiger partial charge is 0.347 e. The first-order valence-electron chi connectivity index (χ1n) is 14.0. The number of nitrogens with one attached hydrogen (secondary N) is 2. The van der Waals surface area contributed by atoms with Gasteiger partial charge in [-0.2, -0.15) is 26.3 Å². The molecule has 3 aromatic rings. The lowest BCUT2D eigenvalue weighted by Gasteiger charge is -2.29. The molecule has 0 aliphatic rings. The van der Waals surface area contributed by atoms with Gasteiger partial charge in [-0.25, -0.2) is 0 Å². The fourth-order valence-electron chi connectivity index (χ4n) is 4.58. The SMILES string of the molecule is CCC(C)(C)NC(=O)c1ccc(C(=O)Nc2ccc(-c3ccc(C(C)(CC)CC)cc3C(F)(F)F)c(C(F)(F)F)c2)cc1. The van der Waals surface area contributed by atoms with Gasteiger partial charge in [0.2, 0.25) is 0 Å². The zero-order valence-corrected chi connectivity index (χ0v) is 25.0. The van der Waals surface area contributed by atoms with Crippen molar-refractivity contribution in [1.82, 2.24) is 5.32 Å². The Kier molecular flexibility index (Phi) is 9.73. The van der Waals surface area contributed by atoms with E-state index in [1.807, 2.05) is 41.5 Å². The molecule has 0 spiro atoms. The molecule has 0 fully saturated rings. The summed E-state index contributed by atoms with van der Waals surface area (Å²) in [6.45, 7) is 11.2. The normalized spacial score (nSPS) is 12.7. The third kappa shape index (κ3) is 7.77. The van der Waals surface area contributed by atoms with Crippen molar-refractivity contribution in [3.63, 3.8) is 0 Å². The fourth-order valence-corrected chi connectivity index (χ4v) is 4.58. The summed E-state index contributed by atoms with van der Waals surface area (Å²) in [5, 5.41) is 5.24. The molecule has 4 nitrogen and oxygen atoms in total. The molecular formula is C33H36F6N2O2. The number of hydrogen-bond donors (Lipinski definition) is 2. The van der Waals surface area contributed by atoms with Crippen LogP contribution in [0.5, 0.6) is 0 Å². The summed E-state index contributed by atoms with van der Waals surface area (Å²) in [7, 11) is 0. The average molecular weight is 607 g/mol. The predicted octanol–water partition coefficient (Wildman–Crippen LogP) is 9.64. The van der Waals surface area contributed by atoms with Gasteiger partial charge in [0.1, 0.15) is 0 Å². The van der Waals surface area contributed by atoms with E-state index < -0.39 is 51.5 Å². The molecule has 0 aliphatic carbocycles. The maximum Gasteiger partial charge on any atom is 0.417 e. The molecule has 3 rings (SSSR count). The minimum absolute atomic E-state index is 0.0776. The van der Waals surface area contributed by atoms with E-state index >= 15 is 0 Å². The van der Waals surface area contributed by atoms with E-state index in [4.69, 9.17) is 0 Å². The molecule has 0 atom stereocenters. The third-order valence-electron chi connectivity index (χ3n) is 8.20. The lowest BCUT2D eigenvalue weighted by molar-refractivity contribution is -0.139. The molecule has 0 aliphatic heterocycles. The second kappa shape index (κ2) is 12.4. The van der Waals surface area contributed by atoms with Crippen molar-refractivity contribution in [3.8, 4) is 11.1 Å². The van der Waals surface area contributed by atoms with E-state index in [1.54, 1.807) is 0 Å². The van der Waals surface area contributed by atoms with Crippen LogP contribution in [0.25, 0.3) is 11.1 Å². The molecule has 43 heavy (non-hydrogen) atoms. The van der Waals surface area contributed by atoms with E-state index in [0.29, 0.717) is 36.5 Å². The largest absolute Gasteiger partial charge is 0.417 e. The zero-order valence-electron chi connectivity index (χ0n) is 25.0. The lowest BCUT2D eigenvalue weighted by atomic mass is 9.76. The highest BCUT2D eigenvalue weighted by molar-refractivity contribution is 6.05. The quantitative estimate of drug-likeness (QED) is 0.238. The van der Waals surface area contributed by atoms with Gasteiger partial charge in [0.05, 0.1) is 11.1 Å². The Bertz CT molecular complexity index is 1470. The van der Waals surface area contributed by atoms with Gasteiger partial charge < -0.3 is 10.6 Å². The van der Waals surface area contributed by atoms with Crippen molar-refractivity contribution in [2.45, 2.75) is 84.1 Å². The first-order chi connectivity index (χ1) is 19.8. The van der Waals surface area contributed by atoms with Gasteiger partial charge in [0.25, 0.3) is 11.8 Å². The Balaban J connectivity index is 1.98. The van der Waals surface area contributed by atoms with E-state index in [9.17, 15) is 35.9 Å². The van der Waals surface area contributed by atoms with Crippen LogP contribution in [0, 0.1) is 0 Å². The first-order valence-corrected chi connectivity index (χ1v) is 14.0. The Morgan fingerprint density at radius 2 is 1.09 bits per heavy atom. The maximum atomic E-state index is 14.2. The van der Waals surface area contributed by atoms with E-state index in [2.05, 4.69) is 10.6 Å². The van der Waals surface area contributed by atoms with E-state index in [-0.39, 0.29) is 17.2 Å². The third-order valence-corrected chi connectivity index (χ3v) is 8.20. The Hall–Kier alpha value is -3.82. The summed E-state index contributed by atoms with van der Waals surface area (Å²) < 4.78 is 85.2. The van der Waals surface area contributed by atoms with Crippen LogP contribution in [-0.2, 0) is 17.8 Å². The van der Waals surface area contributed by atoms with Gasteiger partial charge in [0.15, 0.2) is 0 Å². The first kappa shape index (κ1) is 33.7. The molecular weight excluding hydrogens is 570 g/mol. The highest BCUT2D eigenvalue weighted by Gasteiger charge is 2.39. The van der Waals surface area contributed by atoms with E-state index in [0.717, 1.165) is 24.3 Å². The number of carbonyl (C=O) groups is 2. The Labute approximate surface area is 247 Å². The lowest BCUT2D eigenvalue weighted by Crippen LogP contribution is -2.42. The number of anilines is 1. The highest BCUT2D eigenvalue weighted by atomic mass is 19.4. The van der Waals surface area contributed by atoms with Crippen molar-refractivity contribution in [2.75, 3.05) is 5.32 Å². The molecule has 2 amide bonds. The fraction of sp³-hybridized carbons (Fsp3) is 0.394. The summed E-state index contributed by atoms with van der Waals surface area (Å²) in [5.41, 5.74) is -4.22. The van der Waals surface area contributed by atoms with Crippen molar-refractivity contribution >= 4 is 17.5 Å². The molecule has 0 radical (unpaired) electrons. The van der Waals surface area contributed by atoms with Crippen molar-refractivity contribution < 1.29 is 35.9 Å². The summed E-state index contributed by atoms with van der Waals surface area (Å²) in [5.74, 6) is -1.09. The number of benzene rings is 3. The Morgan fingerprint density at radius 1 is 0.628 bits per heavy atom. The summed E-state index contributed by atoms with van der Waals surface area (Å²) in [6, 6.07) is 11.7. The maximum absolute atomic E-state index is 14.2. The standard InChI is InChI=1S/C33H36F6N2O2/c1-7-30(4,5)41-29(43)21-12-10-20(11-13-21)28(42)40-23-15-17-25(27(19-23)33(37,38)39)24-16-14-22(31(6,8-2)9-3)18-26(24)32(34,35)36/h10-19H,7-9H2,1-6H3,(H,40,42)(H,41,43). The van der Waals surface area contributed by atoms with Gasteiger partial charge in [-0.05, 0) is 97.7 Å². The minimum atomic E-state index is -5.01. The average Bonchev–Trinajstić information content (AvgIpc) is 2.95. The number of rotatable bonds is 9. The number of alkyl halides is 6. The molecule has 0 saturated carbocycles. The summed E-state index contributed by atoms with van der Waals surface area (Å²) >= 11 is 0. The molecule has 0 bridgehead atoms. The van der Waals surface area contributed by atoms with Gasteiger partial charge in [-0.3, -0.25) is 9.59 Å².